The lowest BCUT2D eigenvalue weighted by atomic mass is 10.0. The van der Waals surface area contributed by atoms with E-state index in [-0.39, 0.29) is 23.8 Å². The molecule has 11 heteroatoms. The summed E-state index contributed by atoms with van der Waals surface area (Å²) in [7, 11) is 0. The predicted molar refractivity (Wildman–Crippen MR) is 146 cm³/mol. The molecule has 1 saturated heterocycles. The maximum absolute atomic E-state index is 15.1. The summed E-state index contributed by atoms with van der Waals surface area (Å²) < 4.78 is 16.9. The van der Waals surface area contributed by atoms with Gasteiger partial charge in [-0.2, -0.15) is 5.26 Å². The molecule has 0 unspecified atom stereocenters. The number of hydrogen-bond donors (Lipinski definition) is 0. The van der Waals surface area contributed by atoms with Crippen LogP contribution in [0.4, 0.5) is 10.2 Å². The van der Waals surface area contributed by atoms with E-state index in [9.17, 15) is 10.1 Å². The molecular weight excluding hydrogens is 515 g/mol. The summed E-state index contributed by atoms with van der Waals surface area (Å²) in [6.07, 6.45) is 6.47. The van der Waals surface area contributed by atoms with Crippen molar-refractivity contribution in [2.75, 3.05) is 18.0 Å². The zero-order valence-electron chi connectivity index (χ0n) is 21.2. The Morgan fingerprint density at radius 3 is 2.67 bits per heavy atom. The van der Waals surface area contributed by atoms with Crippen molar-refractivity contribution in [2.24, 2.45) is 0 Å². The van der Waals surface area contributed by atoms with Crippen LogP contribution in [0.15, 0.2) is 66.7 Å². The van der Waals surface area contributed by atoms with Crippen LogP contribution in [-0.2, 0) is 0 Å². The SMILES string of the molecule is C[C@@H]1CN(c2ncnc3c2c(-c2ccccc2F)cn3-c2cc(C#N)ccn2)[C@@H](C)CN1C(=O)c1nccs1. The quantitative estimate of drug-likeness (QED) is 0.327. The van der Waals surface area contributed by atoms with E-state index in [0.717, 1.165) is 0 Å². The average Bonchev–Trinajstić information content (AvgIpc) is 3.63. The van der Waals surface area contributed by atoms with Crippen molar-refractivity contribution in [3.63, 3.8) is 0 Å². The van der Waals surface area contributed by atoms with Crippen LogP contribution in [0.1, 0.15) is 29.2 Å². The molecule has 194 valence electrons. The number of piperazine rings is 1. The molecule has 5 aromatic rings. The largest absolute Gasteiger partial charge is 0.349 e. The Labute approximate surface area is 227 Å². The molecule has 0 radical (unpaired) electrons. The lowest BCUT2D eigenvalue weighted by molar-refractivity contribution is 0.0644. The molecule has 9 nitrogen and oxygen atoms in total. The molecule has 1 fully saturated rings. The summed E-state index contributed by atoms with van der Waals surface area (Å²) in [6.45, 7) is 5.05. The molecule has 4 aromatic heterocycles. The highest BCUT2D eigenvalue weighted by Gasteiger charge is 2.35. The molecule has 1 aliphatic rings. The normalized spacial score (nSPS) is 17.4. The second-order valence-corrected chi connectivity index (χ2v) is 10.3. The van der Waals surface area contributed by atoms with E-state index in [1.807, 2.05) is 18.7 Å². The second-order valence-electron chi connectivity index (χ2n) is 9.45. The third-order valence-corrected chi connectivity index (χ3v) is 7.74. The molecule has 0 bridgehead atoms. The summed E-state index contributed by atoms with van der Waals surface area (Å²) in [5.74, 6) is 0.685. The number of amides is 1. The van der Waals surface area contributed by atoms with E-state index < -0.39 is 0 Å². The van der Waals surface area contributed by atoms with Crippen molar-refractivity contribution >= 4 is 34.1 Å². The average molecular weight is 539 g/mol. The van der Waals surface area contributed by atoms with Crippen molar-refractivity contribution in [1.29, 1.82) is 5.26 Å². The highest BCUT2D eigenvalue weighted by Crippen LogP contribution is 2.39. The number of benzene rings is 1. The van der Waals surface area contributed by atoms with Gasteiger partial charge in [0, 0.05) is 60.3 Å². The van der Waals surface area contributed by atoms with Crippen molar-refractivity contribution in [2.45, 2.75) is 25.9 Å². The third-order valence-electron chi connectivity index (χ3n) is 6.98. The van der Waals surface area contributed by atoms with Gasteiger partial charge in [-0.1, -0.05) is 18.2 Å². The van der Waals surface area contributed by atoms with Gasteiger partial charge in [0.1, 0.15) is 23.8 Å². The second kappa shape index (κ2) is 9.89. The third kappa shape index (κ3) is 4.28. The predicted octanol–water partition coefficient (Wildman–Crippen LogP) is 4.69. The van der Waals surface area contributed by atoms with Gasteiger partial charge in [0.15, 0.2) is 10.7 Å². The Balaban J connectivity index is 1.49. The van der Waals surface area contributed by atoms with E-state index in [1.165, 1.54) is 23.7 Å². The van der Waals surface area contributed by atoms with Crippen LogP contribution in [0.2, 0.25) is 0 Å². The molecule has 2 atom stereocenters. The van der Waals surface area contributed by atoms with Gasteiger partial charge in [-0.05, 0) is 32.0 Å². The minimum absolute atomic E-state index is 0.0833. The number of anilines is 1. The lowest BCUT2D eigenvalue weighted by Gasteiger charge is -2.44. The standard InChI is InChI=1S/C28H23FN8OS/c1-17-14-36(28(38)27-32-9-10-39-27)18(2)13-35(17)25-24-21(20-5-3-4-6-22(20)29)15-37(26(24)34-16-33-25)23-11-19(12-30)7-8-31-23/h3-11,15-18H,13-14H2,1-2H3/t17-,18+/m0/s1. The van der Waals surface area contributed by atoms with E-state index in [0.29, 0.717) is 57.5 Å². The van der Waals surface area contributed by atoms with Crippen LogP contribution in [0.25, 0.3) is 28.0 Å². The summed E-state index contributed by atoms with van der Waals surface area (Å²) in [4.78, 5) is 35.0. The smallest absolute Gasteiger partial charge is 0.283 e. The Kier molecular flexibility index (Phi) is 6.24. The highest BCUT2D eigenvalue weighted by atomic mass is 32.1. The fraction of sp³-hybridized carbons (Fsp3) is 0.214. The summed E-state index contributed by atoms with van der Waals surface area (Å²) in [5.41, 5.74) is 2.02. The molecule has 0 aliphatic carbocycles. The van der Waals surface area contributed by atoms with Crippen LogP contribution in [0, 0.1) is 17.1 Å². The van der Waals surface area contributed by atoms with Crippen LogP contribution in [0.5, 0.6) is 0 Å². The van der Waals surface area contributed by atoms with Crippen LogP contribution in [0.3, 0.4) is 0 Å². The zero-order valence-corrected chi connectivity index (χ0v) is 22.0. The summed E-state index contributed by atoms with van der Waals surface area (Å²) >= 11 is 1.33. The van der Waals surface area contributed by atoms with Crippen molar-refractivity contribution in [1.82, 2.24) is 29.4 Å². The fourth-order valence-electron chi connectivity index (χ4n) is 5.10. The number of hydrogen-bond acceptors (Lipinski definition) is 8. The van der Waals surface area contributed by atoms with Gasteiger partial charge in [0.25, 0.3) is 5.91 Å². The first-order valence-corrected chi connectivity index (χ1v) is 13.3. The Hall–Kier alpha value is -4.69. The summed E-state index contributed by atoms with van der Waals surface area (Å²) in [6, 6.07) is 11.8. The van der Waals surface area contributed by atoms with Gasteiger partial charge in [0.2, 0.25) is 0 Å². The molecule has 39 heavy (non-hydrogen) atoms. The van der Waals surface area contributed by atoms with Gasteiger partial charge < -0.3 is 9.80 Å². The maximum atomic E-state index is 15.1. The van der Waals surface area contributed by atoms with Crippen molar-refractivity contribution in [3.8, 4) is 23.0 Å². The van der Waals surface area contributed by atoms with Gasteiger partial charge in [0.05, 0.1) is 17.0 Å². The molecule has 0 saturated carbocycles. The number of rotatable bonds is 4. The molecular formula is C28H23FN8OS. The Bertz CT molecular complexity index is 1730. The number of carbonyl (C=O) groups excluding carboxylic acids is 1. The van der Waals surface area contributed by atoms with E-state index in [4.69, 9.17) is 0 Å². The van der Waals surface area contributed by atoms with Crippen LogP contribution in [-0.4, -0.2) is 60.5 Å². The zero-order chi connectivity index (χ0) is 27.1. The number of aromatic nitrogens is 5. The highest BCUT2D eigenvalue weighted by molar-refractivity contribution is 7.11. The number of halogens is 1. The molecule has 6 rings (SSSR count). The fourth-order valence-corrected chi connectivity index (χ4v) is 5.69. The molecule has 1 aromatic carbocycles. The van der Waals surface area contributed by atoms with Gasteiger partial charge >= 0.3 is 0 Å². The summed E-state index contributed by atoms with van der Waals surface area (Å²) in [5, 5.41) is 12.4. The number of fused-ring (bicyclic) bond motifs is 1. The van der Waals surface area contributed by atoms with Gasteiger partial charge in [-0.25, -0.2) is 24.3 Å². The first kappa shape index (κ1) is 24.6. The first-order valence-electron chi connectivity index (χ1n) is 12.4. The van der Waals surface area contributed by atoms with Gasteiger partial charge in [-0.3, -0.25) is 9.36 Å². The monoisotopic (exact) mass is 538 g/mol. The Morgan fingerprint density at radius 2 is 1.90 bits per heavy atom. The lowest BCUT2D eigenvalue weighted by Crippen LogP contribution is -2.58. The van der Waals surface area contributed by atoms with E-state index in [2.05, 4.69) is 30.9 Å². The van der Waals surface area contributed by atoms with Crippen molar-refractivity contribution in [3.05, 3.63) is 83.1 Å². The molecule has 1 amide bonds. The van der Waals surface area contributed by atoms with Crippen LogP contribution < -0.4 is 4.90 Å². The van der Waals surface area contributed by atoms with Crippen LogP contribution >= 0.6 is 11.3 Å². The Morgan fingerprint density at radius 1 is 1.05 bits per heavy atom. The van der Waals surface area contributed by atoms with Crippen molar-refractivity contribution < 1.29 is 9.18 Å². The first-order chi connectivity index (χ1) is 19.0. The molecule has 5 heterocycles. The number of carbonyl (C=O) groups is 1. The molecule has 0 spiro atoms. The number of pyridine rings is 1. The number of nitrogens with zero attached hydrogens (tertiary/aromatic N) is 8. The number of nitriles is 1. The molecule has 0 N–H and O–H groups in total. The molecule has 1 aliphatic heterocycles. The van der Waals surface area contributed by atoms with E-state index >= 15 is 4.39 Å². The maximum Gasteiger partial charge on any atom is 0.283 e. The van der Waals surface area contributed by atoms with E-state index in [1.54, 1.807) is 58.9 Å². The minimum Gasteiger partial charge on any atom is -0.349 e. The minimum atomic E-state index is -0.370. The van der Waals surface area contributed by atoms with Gasteiger partial charge in [-0.15, -0.1) is 11.3 Å². The number of thiazole rings is 1. The topological polar surface area (TPSA) is 104 Å².